The molecule has 0 bridgehead atoms. The third-order valence-electron chi connectivity index (χ3n) is 4.37. The fourth-order valence-corrected chi connectivity index (χ4v) is 2.56. The summed E-state index contributed by atoms with van der Waals surface area (Å²) >= 11 is 0. The predicted octanol–water partition coefficient (Wildman–Crippen LogP) is 3.61. The second kappa shape index (κ2) is 7.39. The Morgan fingerprint density at radius 2 is 1.71 bits per heavy atom. The number of aryl methyl sites for hydroxylation is 1. The number of carbonyl (C=O) groups excluding carboxylic acids is 1. The SMILES string of the molecule is COc1ccc(C(C)(C)C(=O)NCc2ccccc2C)cc1OC. The van der Waals surface area contributed by atoms with Crippen LogP contribution in [0, 0.1) is 6.92 Å². The summed E-state index contributed by atoms with van der Waals surface area (Å²) in [4.78, 5) is 12.7. The predicted molar refractivity (Wildman–Crippen MR) is 95.6 cm³/mol. The van der Waals surface area contributed by atoms with Crippen LogP contribution in [0.5, 0.6) is 11.5 Å². The smallest absolute Gasteiger partial charge is 0.230 e. The van der Waals surface area contributed by atoms with Gasteiger partial charge in [-0.2, -0.15) is 0 Å². The number of ether oxygens (including phenoxy) is 2. The molecule has 1 N–H and O–H groups in total. The highest BCUT2D eigenvalue weighted by molar-refractivity contribution is 5.87. The molecule has 0 heterocycles. The summed E-state index contributed by atoms with van der Waals surface area (Å²) in [5.41, 5.74) is 2.49. The molecule has 0 spiro atoms. The lowest BCUT2D eigenvalue weighted by Gasteiger charge is -2.25. The number of benzene rings is 2. The highest BCUT2D eigenvalue weighted by atomic mass is 16.5. The first-order chi connectivity index (χ1) is 11.4. The van der Waals surface area contributed by atoms with Crippen molar-refractivity contribution in [3.8, 4) is 11.5 Å². The number of nitrogens with one attached hydrogen (secondary N) is 1. The number of amides is 1. The van der Waals surface area contributed by atoms with Crippen LogP contribution in [0.3, 0.4) is 0 Å². The number of hydrogen-bond acceptors (Lipinski definition) is 3. The van der Waals surface area contributed by atoms with Gasteiger partial charge in [0.2, 0.25) is 5.91 Å². The molecule has 2 rings (SSSR count). The molecular formula is C20H25NO3. The van der Waals surface area contributed by atoms with Crippen LogP contribution in [-0.4, -0.2) is 20.1 Å². The van der Waals surface area contributed by atoms with Gasteiger partial charge < -0.3 is 14.8 Å². The van der Waals surface area contributed by atoms with E-state index in [4.69, 9.17) is 9.47 Å². The first-order valence-electron chi connectivity index (χ1n) is 7.95. The van der Waals surface area contributed by atoms with Crippen LogP contribution in [0.4, 0.5) is 0 Å². The van der Waals surface area contributed by atoms with E-state index in [-0.39, 0.29) is 5.91 Å². The van der Waals surface area contributed by atoms with Crippen molar-refractivity contribution in [2.24, 2.45) is 0 Å². The van der Waals surface area contributed by atoms with E-state index in [0.29, 0.717) is 18.0 Å². The van der Waals surface area contributed by atoms with Crippen LogP contribution < -0.4 is 14.8 Å². The number of carbonyl (C=O) groups is 1. The van der Waals surface area contributed by atoms with Crippen molar-refractivity contribution in [1.29, 1.82) is 0 Å². The molecule has 0 saturated heterocycles. The fraction of sp³-hybridized carbons (Fsp3) is 0.350. The van der Waals surface area contributed by atoms with Crippen molar-refractivity contribution in [2.45, 2.75) is 32.7 Å². The summed E-state index contributed by atoms with van der Waals surface area (Å²) in [7, 11) is 3.18. The van der Waals surface area contributed by atoms with Crippen LogP contribution in [0.1, 0.15) is 30.5 Å². The fourth-order valence-electron chi connectivity index (χ4n) is 2.56. The zero-order valence-electron chi connectivity index (χ0n) is 15.0. The minimum absolute atomic E-state index is 0.0297. The lowest BCUT2D eigenvalue weighted by atomic mass is 9.83. The van der Waals surface area contributed by atoms with Gasteiger partial charge in [0.25, 0.3) is 0 Å². The van der Waals surface area contributed by atoms with Gasteiger partial charge in [0.15, 0.2) is 11.5 Å². The van der Waals surface area contributed by atoms with E-state index in [0.717, 1.165) is 11.1 Å². The second-order valence-corrected chi connectivity index (χ2v) is 6.30. The number of methoxy groups -OCH3 is 2. The molecule has 0 fully saturated rings. The summed E-state index contributed by atoms with van der Waals surface area (Å²) < 4.78 is 10.6. The van der Waals surface area contributed by atoms with E-state index < -0.39 is 5.41 Å². The lowest BCUT2D eigenvalue weighted by Crippen LogP contribution is -2.39. The van der Waals surface area contributed by atoms with Gasteiger partial charge in [-0.05, 0) is 49.6 Å². The molecule has 2 aromatic carbocycles. The van der Waals surface area contributed by atoms with Crippen LogP contribution in [0.25, 0.3) is 0 Å². The van der Waals surface area contributed by atoms with E-state index in [1.807, 2.05) is 63.2 Å². The Balaban J connectivity index is 2.17. The molecular weight excluding hydrogens is 302 g/mol. The normalized spacial score (nSPS) is 11.0. The summed E-state index contributed by atoms with van der Waals surface area (Å²) in [5.74, 6) is 1.24. The molecule has 128 valence electrons. The Morgan fingerprint density at radius 3 is 2.33 bits per heavy atom. The number of hydrogen-bond donors (Lipinski definition) is 1. The molecule has 0 aliphatic carbocycles. The molecule has 4 heteroatoms. The van der Waals surface area contributed by atoms with E-state index in [1.165, 1.54) is 5.56 Å². The monoisotopic (exact) mass is 327 g/mol. The van der Waals surface area contributed by atoms with E-state index in [2.05, 4.69) is 5.32 Å². The highest BCUT2D eigenvalue weighted by Gasteiger charge is 2.30. The van der Waals surface area contributed by atoms with Gasteiger partial charge in [-0.15, -0.1) is 0 Å². The molecule has 0 unspecified atom stereocenters. The van der Waals surface area contributed by atoms with Gasteiger partial charge in [0, 0.05) is 6.54 Å². The minimum Gasteiger partial charge on any atom is -0.493 e. The summed E-state index contributed by atoms with van der Waals surface area (Å²) in [6.07, 6.45) is 0. The number of rotatable bonds is 6. The molecule has 0 aliphatic rings. The third kappa shape index (κ3) is 3.70. The summed E-state index contributed by atoms with van der Waals surface area (Å²) in [6, 6.07) is 13.6. The molecule has 0 radical (unpaired) electrons. The van der Waals surface area contributed by atoms with Crippen LogP contribution in [0.15, 0.2) is 42.5 Å². The molecule has 0 saturated carbocycles. The zero-order valence-corrected chi connectivity index (χ0v) is 15.0. The van der Waals surface area contributed by atoms with Crippen molar-refractivity contribution in [2.75, 3.05) is 14.2 Å². The van der Waals surface area contributed by atoms with Crippen LogP contribution in [-0.2, 0) is 16.8 Å². The topological polar surface area (TPSA) is 47.6 Å². The molecule has 24 heavy (non-hydrogen) atoms. The maximum atomic E-state index is 12.7. The molecule has 0 aromatic heterocycles. The minimum atomic E-state index is -0.678. The maximum absolute atomic E-state index is 12.7. The quantitative estimate of drug-likeness (QED) is 0.882. The van der Waals surface area contributed by atoms with Crippen molar-refractivity contribution in [3.63, 3.8) is 0 Å². The average molecular weight is 327 g/mol. The van der Waals surface area contributed by atoms with Gasteiger partial charge in [-0.3, -0.25) is 4.79 Å². The van der Waals surface area contributed by atoms with Crippen molar-refractivity contribution < 1.29 is 14.3 Å². The van der Waals surface area contributed by atoms with Gasteiger partial charge >= 0.3 is 0 Å². The standard InChI is InChI=1S/C20H25NO3/c1-14-8-6-7-9-15(14)13-21-19(22)20(2,3)16-10-11-17(23-4)18(12-16)24-5/h6-12H,13H2,1-5H3,(H,21,22). The van der Waals surface area contributed by atoms with Crippen LogP contribution >= 0.6 is 0 Å². The maximum Gasteiger partial charge on any atom is 0.230 e. The van der Waals surface area contributed by atoms with Crippen molar-refractivity contribution in [3.05, 3.63) is 59.2 Å². The van der Waals surface area contributed by atoms with E-state index in [9.17, 15) is 4.79 Å². The Kier molecular flexibility index (Phi) is 5.50. The van der Waals surface area contributed by atoms with Gasteiger partial charge in [0.1, 0.15) is 0 Å². The van der Waals surface area contributed by atoms with E-state index >= 15 is 0 Å². The highest BCUT2D eigenvalue weighted by Crippen LogP contribution is 2.33. The largest absolute Gasteiger partial charge is 0.493 e. The van der Waals surface area contributed by atoms with Gasteiger partial charge in [-0.25, -0.2) is 0 Å². The van der Waals surface area contributed by atoms with E-state index in [1.54, 1.807) is 14.2 Å². The Morgan fingerprint density at radius 1 is 1.04 bits per heavy atom. The van der Waals surface area contributed by atoms with Crippen molar-refractivity contribution >= 4 is 5.91 Å². The van der Waals surface area contributed by atoms with Crippen LogP contribution in [0.2, 0.25) is 0 Å². The molecule has 0 aliphatic heterocycles. The molecule has 0 atom stereocenters. The third-order valence-corrected chi connectivity index (χ3v) is 4.37. The van der Waals surface area contributed by atoms with Crippen molar-refractivity contribution in [1.82, 2.24) is 5.32 Å². The van der Waals surface area contributed by atoms with Gasteiger partial charge in [-0.1, -0.05) is 30.3 Å². The zero-order chi connectivity index (χ0) is 17.7. The average Bonchev–Trinajstić information content (AvgIpc) is 2.59. The second-order valence-electron chi connectivity index (χ2n) is 6.30. The Hall–Kier alpha value is -2.49. The summed E-state index contributed by atoms with van der Waals surface area (Å²) in [5, 5.41) is 3.03. The Bertz CT molecular complexity index is 723. The first kappa shape index (κ1) is 17.9. The summed E-state index contributed by atoms with van der Waals surface area (Å²) in [6.45, 7) is 6.37. The molecule has 2 aromatic rings. The lowest BCUT2D eigenvalue weighted by molar-refractivity contribution is -0.125. The first-order valence-corrected chi connectivity index (χ1v) is 7.95. The molecule has 1 amide bonds. The molecule has 4 nitrogen and oxygen atoms in total. The Labute approximate surface area is 143 Å². The van der Waals surface area contributed by atoms with Gasteiger partial charge in [0.05, 0.1) is 19.6 Å².